The number of hydrogen-bond donors (Lipinski definition) is 2. The van der Waals surface area contributed by atoms with Crippen molar-refractivity contribution in [3.63, 3.8) is 0 Å². The lowest BCUT2D eigenvalue weighted by molar-refractivity contribution is -0.140. The quantitative estimate of drug-likeness (QED) is 0.728. The number of hydrogen-bond acceptors (Lipinski definition) is 3. The molecule has 2 N–H and O–H groups in total. The van der Waals surface area contributed by atoms with E-state index in [-0.39, 0.29) is 5.82 Å². The lowest BCUT2D eigenvalue weighted by Gasteiger charge is -2.10. The van der Waals surface area contributed by atoms with Crippen LogP contribution in [0.15, 0.2) is 18.2 Å². The summed E-state index contributed by atoms with van der Waals surface area (Å²) in [6.45, 7) is 2.61. The summed E-state index contributed by atoms with van der Waals surface area (Å²) in [6, 6.07) is 4.37. The van der Waals surface area contributed by atoms with Crippen LogP contribution in [0.25, 0.3) is 0 Å². The standard InChI is InChI=1S/C13H18FNO3/c1-9(13(16)17)8-15-6-5-10-7-11(14)3-4-12(10)18-2/h3-4,7,9,15H,5-6,8H2,1-2H3,(H,16,17). The van der Waals surface area contributed by atoms with Crippen LogP contribution < -0.4 is 10.1 Å². The highest BCUT2D eigenvalue weighted by atomic mass is 19.1. The third-order valence-electron chi connectivity index (χ3n) is 2.69. The van der Waals surface area contributed by atoms with Gasteiger partial charge < -0.3 is 15.2 Å². The van der Waals surface area contributed by atoms with Crippen LogP contribution in [-0.2, 0) is 11.2 Å². The molecule has 0 amide bonds. The van der Waals surface area contributed by atoms with Gasteiger partial charge in [-0.05, 0) is 36.7 Å². The van der Waals surface area contributed by atoms with E-state index in [4.69, 9.17) is 9.84 Å². The number of aliphatic carboxylic acids is 1. The fourth-order valence-electron chi connectivity index (χ4n) is 1.57. The van der Waals surface area contributed by atoms with E-state index in [1.807, 2.05) is 0 Å². The van der Waals surface area contributed by atoms with Crippen LogP contribution in [0.1, 0.15) is 12.5 Å². The van der Waals surface area contributed by atoms with Gasteiger partial charge in [0.05, 0.1) is 13.0 Å². The van der Waals surface area contributed by atoms with Crippen molar-refractivity contribution in [1.82, 2.24) is 5.32 Å². The lowest BCUT2D eigenvalue weighted by atomic mass is 10.1. The molecule has 100 valence electrons. The second-order valence-electron chi connectivity index (χ2n) is 4.15. The van der Waals surface area contributed by atoms with Gasteiger partial charge in [-0.25, -0.2) is 4.39 Å². The van der Waals surface area contributed by atoms with E-state index >= 15 is 0 Å². The van der Waals surface area contributed by atoms with Crippen LogP contribution in [0.2, 0.25) is 0 Å². The Labute approximate surface area is 106 Å². The smallest absolute Gasteiger partial charge is 0.307 e. The Morgan fingerprint density at radius 2 is 2.28 bits per heavy atom. The molecule has 0 heterocycles. The van der Waals surface area contributed by atoms with Gasteiger partial charge in [0, 0.05) is 6.54 Å². The number of nitrogens with one attached hydrogen (secondary N) is 1. The highest BCUT2D eigenvalue weighted by Gasteiger charge is 2.10. The zero-order valence-electron chi connectivity index (χ0n) is 10.6. The number of halogens is 1. The molecule has 0 fully saturated rings. The van der Waals surface area contributed by atoms with Gasteiger partial charge in [0.1, 0.15) is 11.6 Å². The highest BCUT2D eigenvalue weighted by Crippen LogP contribution is 2.19. The van der Waals surface area contributed by atoms with Crippen LogP contribution in [0.5, 0.6) is 5.75 Å². The topological polar surface area (TPSA) is 58.6 Å². The second-order valence-corrected chi connectivity index (χ2v) is 4.15. The molecular weight excluding hydrogens is 237 g/mol. The van der Waals surface area contributed by atoms with E-state index in [9.17, 15) is 9.18 Å². The van der Waals surface area contributed by atoms with E-state index in [2.05, 4.69) is 5.32 Å². The summed E-state index contributed by atoms with van der Waals surface area (Å²) in [7, 11) is 1.54. The molecule has 1 aromatic rings. The molecule has 0 spiro atoms. The molecule has 0 aliphatic heterocycles. The van der Waals surface area contributed by atoms with Crippen molar-refractivity contribution in [2.24, 2.45) is 5.92 Å². The van der Waals surface area contributed by atoms with E-state index in [0.29, 0.717) is 25.3 Å². The van der Waals surface area contributed by atoms with Gasteiger partial charge in [0.15, 0.2) is 0 Å². The summed E-state index contributed by atoms with van der Waals surface area (Å²) >= 11 is 0. The number of carboxylic acid groups (broad SMARTS) is 1. The van der Waals surface area contributed by atoms with Crippen molar-refractivity contribution in [2.45, 2.75) is 13.3 Å². The van der Waals surface area contributed by atoms with Crippen molar-refractivity contribution in [3.05, 3.63) is 29.6 Å². The van der Waals surface area contributed by atoms with Gasteiger partial charge in [0.25, 0.3) is 0 Å². The lowest BCUT2D eigenvalue weighted by Crippen LogP contribution is -2.27. The number of methoxy groups -OCH3 is 1. The second kappa shape index (κ2) is 6.96. The first kappa shape index (κ1) is 14.4. The third kappa shape index (κ3) is 4.33. The molecule has 18 heavy (non-hydrogen) atoms. The molecule has 1 aromatic carbocycles. The number of carboxylic acids is 1. The third-order valence-corrected chi connectivity index (χ3v) is 2.69. The Morgan fingerprint density at radius 1 is 1.56 bits per heavy atom. The van der Waals surface area contributed by atoms with Gasteiger partial charge in [0.2, 0.25) is 0 Å². The molecule has 0 radical (unpaired) electrons. The molecule has 0 saturated heterocycles. The SMILES string of the molecule is COc1ccc(F)cc1CCNCC(C)C(=O)O. The molecule has 0 bridgehead atoms. The molecular formula is C13H18FNO3. The number of benzene rings is 1. The molecule has 0 saturated carbocycles. The van der Waals surface area contributed by atoms with Crippen LogP contribution in [0, 0.1) is 11.7 Å². The number of rotatable bonds is 7. The minimum atomic E-state index is -0.828. The monoisotopic (exact) mass is 255 g/mol. The Hall–Kier alpha value is -1.62. The molecule has 0 aliphatic carbocycles. The first-order chi connectivity index (χ1) is 8.54. The van der Waals surface area contributed by atoms with Crippen LogP contribution in [0.4, 0.5) is 4.39 Å². The van der Waals surface area contributed by atoms with Gasteiger partial charge in [-0.1, -0.05) is 6.92 Å². The van der Waals surface area contributed by atoms with Crippen molar-refractivity contribution in [2.75, 3.05) is 20.2 Å². The van der Waals surface area contributed by atoms with E-state index in [1.54, 1.807) is 13.0 Å². The fourth-order valence-corrected chi connectivity index (χ4v) is 1.57. The summed E-state index contributed by atoms with van der Waals surface area (Å²) in [5.74, 6) is -0.917. The van der Waals surface area contributed by atoms with E-state index in [0.717, 1.165) is 5.56 Å². The molecule has 0 aliphatic rings. The molecule has 1 rings (SSSR count). The van der Waals surface area contributed by atoms with Crippen molar-refractivity contribution >= 4 is 5.97 Å². The predicted molar refractivity (Wildman–Crippen MR) is 66.3 cm³/mol. The molecule has 5 heteroatoms. The van der Waals surface area contributed by atoms with Gasteiger partial charge >= 0.3 is 5.97 Å². The predicted octanol–water partition coefficient (Wildman–Crippen LogP) is 1.69. The largest absolute Gasteiger partial charge is 0.496 e. The van der Waals surface area contributed by atoms with Crippen LogP contribution in [0.3, 0.4) is 0 Å². The van der Waals surface area contributed by atoms with Crippen molar-refractivity contribution in [1.29, 1.82) is 0 Å². The summed E-state index contributed by atoms with van der Waals surface area (Å²) < 4.78 is 18.2. The van der Waals surface area contributed by atoms with E-state index in [1.165, 1.54) is 19.2 Å². The van der Waals surface area contributed by atoms with Gasteiger partial charge in [-0.15, -0.1) is 0 Å². The summed E-state index contributed by atoms with van der Waals surface area (Å²) in [4.78, 5) is 10.6. The molecule has 0 aromatic heterocycles. The Kier molecular flexibility index (Phi) is 5.58. The number of ether oxygens (including phenoxy) is 1. The van der Waals surface area contributed by atoms with E-state index < -0.39 is 11.9 Å². The zero-order valence-corrected chi connectivity index (χ0v) is 10.6. The first-order valence-electron chi connectivity index (χ1n) is 5.80. The maximum Gasteiger partial charge on any atom is 0.307 e. The highest BCUT2D eigenvalue weighted by molar-refractivity contribution is 5.69. The minimum Gasteiger partial charge on any atom is -0.496 e. The molecule has 1 atom stereocenters. The van der Waals surface area contributed by atoms with Crippen LogP contribution in [-0.4, -0.2) is 31.3 Å². The average molecular weight is 255 g/mol. The zero-order chi connectivity index (χ0) is 13.5. The van der Waals surface area contributed by atoms with Crippen molar-refractivity contribution < 1.29 is 19.0 Å². The van der Waals surface area contributed by atoms with Crippen LogP contribution >= 0.6 is 0 Å². The maximum absolute atomic E-state index is 13.1. The van der Waals surface area contributed by atoms with Crippen molar-refractivity contribution in [3.8, 4) is 5.75 Å². The first-order valence-corrected chi connectivity index (χ1v) is 5.80. The Bertz CT molecular complexity index is 409. The van der Waals surface area contributed by atoms with Gasteiger partial charge in [-0.3, -0.25) is 4.79 Å². The fraction of sp³-hybridized carbons (Fsp3) is 0.462. The summed E-state index contributed by atoms with van der Waals surface area (Å²) in [5, 5.41) is 11.7. The van der Waals surface area contributed by atoms with Gasteiger partial charge in [-0.2, -0.15) is 0 Å². The molecule has 4 nitrogen and oxygen atoms in total. The Morgan fingerprint density at radius 3 is 2.89 bits per heavy atom. The number of carbonyl (C=O) groups is 1. The minimum absolute atomic E-state index is 0.301. The summed E-state index contributed by atoms with van der Waals surface area (Å²) in [5.41, 5.74) is 0.771. The Balaban J connectivity index is 2.43. The maximum atomic E-state index is 13.1. The molecule has 1 unspecified atom stereocenters. The normalized spacial score (nSPS) is 12.2. The average Bonchev–Trinajstić information content (AvgIpc) is 2.34. The summed E-state index contributed by atoms with van der Waals surface area (Å²) in [6.07, 6.45) is 0.591.